The van der Waals surface area contributed by atoms with Crippen LogP contribution in [0.4, 0.5) is 0 Å². The van der Waals surface area contributed by atoms with E-state index >= 15 is 0 Å². The molecule has 0 amide bonds. The molecule has 0 aromatic heterocycles. The van der Waals surface area contributed by atoms with Gasteiger partial charge in [0.15, 0.2) is 5.78 Å². The molecule has 1 aromatic rings. The molecule has 1 fully saturated rings. The van der Waals surface area contributed by atoms with Crippen LogP contribution in [0.5, 0.6) is 0 Å². The van der Waals surface area contributed by atoms with E-state index < -0.39 is 0 Å². The van der Waals surface area contributed by atoms with Gasteiger partial charge in [-0.05, 0) is 44.0 Å². The standard InChI is InChI=1S/C14H19NO2/c16-9-6-11-2-1-3-13(10-11)14(17)12-4-7-15-8-5-12/h1-3,10,12,15-16H,4-9H2. The molecule has 1 saturated heterocycles. The number of ketones is 1. The number of carbonyl (C=O) groups is 1. The number of piperidine rings is 1. The van der Waals surface area contributed by atoms with Gasteiger partial charge in [0.25, 0.3) is 0 Å². The summed E-state index contributed by atoms with van der Waals surface area (Å²) in [5.41, 5.74) is 1.83. The van der Waals surface area contributed by atoms with Gasteiger partial charge in [0, 0.05) is 18.1 Å². The lowest BCUT2D eigenvalue weighted by Crippen LogP contribution is -2.31. The van der Waals surface area contributed by atoms with Crippen molar-refractivity contribution < 1.29 is 9.90 Å². The van der Waals surface area contributed by atoms with E-state index in [1.807, 2.05) is 24.3 Å². The second-order valence-electron chi connectivity index (χ2n) is 4.56. The molecular formula is C14H19NO2. The molecule has 0 radical (unpaired) electrons. The third kappa shape index (κ3) is 3.14. The van der Waals surface area contributed by atoms with Crippen molar-refractivity contribution in [1.29, 1.82) is 0 Å². The van der Waals surface area contributed by atoms with Crippen LogP contribution in [0.25, 0.3) is 0 Å². The number of nitrogens with one attached hydrogen (secondary N) is 1. The Kier molecular flexibility index (Phi) is 4.29. The largest absolute Gasteiger partial charge is 0.396 e. The summed E-state index contributed by atoms with van der Waals surface area (Å²) in [5.74, 6) is 0.423. The molecule has 0 atom stereocenters. The molecular weight excluding hydrogens is 214 g/mol. The van der Waals surface area contributed by atoms with Crippen LogP contribution in [0.2, 0.25) is 0 Å². The first-order chi connectivity index (χ1) is 8.31. The minimum atomic E-state index is 0.130. The summed E-state index contributed by atoms with van der Waals surface area (Å²) in [6.07, 6.45) is 2.49. The molecule has 92 valence electrons. The van der Waals surface area contributed by atoms with E-state index in [4.69, 9.17) is 5.11 Å². The van der Waals surface area contributed by atoms with Gasteiger partial charge in [-0.25, -0.2) is 0 Å². The van der Waals surface area contributed by atoms with Crippen LogP contribution in [-0.2, 0) is 6.42 Å². The Balaban J connectivity index is 2.09. The van der Waals surface area contributed by atoms with Crippen molar-refractivity contribution >= 4 is 5.78 Å². The van der Waals surface area contributed by atoms with Crippen molar-refractivity contribution in [3.05, 3.63) is 35.4 Å². The fourth-order valence-electron chi connectivity index (χ4n) is 2.33. The van der Waals surface area contributed by atoms with E-state index in [-0.39, 0.29) is 18.3 Å². The molecule has 1 aliphatic heterocycles. The Morgan fingerprint density at radius 1 is 1.35 bits per heavy atom. The molecule has 1 heterocycles. The van der Waals surface area contributed by atoms with Gasteiger partial charge < -0.3 is 10.4 Å². The zero-order valence-electron chi connectivity index (χ0n) is 9.98. The van der Waals surface area contributed by atoms with Crippen LogP contribution >= 0.6 is 0 Å². The molecule has 17 heavy (non-hydrogen) atoms. The smallest absolute Gasteiger partial charge is 0.166 e. The molecule has 2 N–H and O–H groups in total. The molecule has 0 aliphatic carbocycles. The van der Waals surface area contributed by atoms with E-state index in [9.17, 15) is 4.79 Å². The van der Waals surface area contributed by atoms with Crippen molar-refractivity contribution in [2.24, 2.45) is 5.92 Å². The topological polar surface area (TPSA) is 49.3 Å². The second-order valence-corrected chi connectivity index (χ2v) is 4.56. The fraction of sp³-hybridized carbons (Fsp3) is 0.500. The average molecular weight is 233 g/mol. The van der Waals surface area contributed by atoms with Gasteiger partial charge in [0.1, 0.15) is 0 Å². The molecule has 3 nitrogen and oxygen atoms in total. The number of aliphatic hydroxyl groups is 1. The highest BCUT2D eigenvalue weighted by atomic mass is 16.2. The fourth-order valence-corrected chi connectivity index (χ4v) is 2.33. The lowest BCUT2D eigenvalue weighted by atomic mass is 9.89. The summed E-state index contributed by atoms with van der Waals surface area (Å²) < 4.78 is 0. The van der Waals surface area contributed by atoms with Crippen LogP contribution in [-0.4, -0.2) is 30.6 Å². The third-order valence-electron chi connectivity index (χ3n) is 3.32. The van der Waals surface area contributed by atoms with Crippen LogP contribution in [0.15, 0.2) is 24.3 Å². The highest BCUT2D eigenvalue weighted by molar-refractivity contribution is 5.98. The summed E-state index contributed by atoms with van der Waals surface area (Å²) >= 11 is 0. The number of Topliss-reactive ketones (excluding diaryl/α,β-unsaturated/α-hetero) is 1. The minimum Gasteiger partial charge on any atom is -0.396 e. The highest BCUT2D eigenvalue weighted by Gasteiger charge is 2.22. The molecule has 1 aromatic carbocycles. The van der Waals surface area contributed by atoms with Crippen LogP contribution in [0, 0.1) is 5.92 Å². The van der Waals surface area contributed by atoms with E-state index in [1.54, 1.807) is 0 Å². The number of rotatable bonds is 4. The number of hydrogen-bond acceptors (Lipinski definition) is 3. The molecule has 0 saturated carbocycles. The van der Waals surface area contributed by atoms with Gasteiger partial charge in [-0.2, -0.15) is 0 Å². The summed E-state index contributed by atoms with van der Waals surface area (Å²) in [4.78, 5) is 12.3. The summed E-state index contributed by atoms with van der Waals surface area (Å²) in [5, 5.41) is 12.2. The number of benzene rings is 1. The van der Waals surface area contributed by atoms with Gasteiger partial charge in [-0.3, -0.25) is 4.79 Å². The Labute approximate surface area is 102 Å². The number of carbonyl (C=O) groups excluding carboxylic acids is 1. The van der Waals surface area contributed by atoms with Gasteiger partial charge in [-0.15, -0.1) is 0 Å². The van der Waals surface area contributed by atoms with Crippen molar-refractivity contribution in [3.8, 4) is 0 Å². The maximum Gasteiger partial charge on any atom is 0.166 e. The Hall–Kier alpha value is -1.19. The highest BCUT2D eigenvalue weighted by Crippen LogP contribution is 2.19. The van der Waals surface area contributed by atoms with Gasteiger partial charge in [-0.1, -0.05) is 18.2 Å². The molecule has 0 unspecified atom stereocenters. The van der Waals surface area contributed by atoms with Crippen LogP contribution in [0.1, 0.15) is 28.8 Å². The maximum absolute atomic E-state index is 12.3. The lowest BCUT2D eigenvalue weighted by molar-refractivity contribution is 0.0895. The minimum absolute atomic E-state index is 0.130. The monoisotopic (exact) mass is 233 g/mol. The van der Waals surface area contributed by atoms with Gasteiger partial charge >= 0.3 is 0 Å². The van der Waals surface area contributed by atoms with Gasteiger partial charge in [0.05, 0.1) is 0 Å². The molecule has 1 aliphatic rings. The normalized spacial score (nSPS) is 17.0. The third-order valence-corrected chi connectivity index (χ3v) is 3.32. The first-order valence-corrected chi connectivity index (χ1v) is 6.26. The predicted octanol–water partition coefficient (Wildman–Crippen LogP) is 1.40. The number of hydrogen-bond donors (Lipinski definition) is 2. The summed E-state index contributed by atoms with van der Waals surface area (Å²) in [7, 11) is 0. The zero-order chi connectivity index (χ0) is 12.1. The predicted molar refractivity (Wildman–Crippen MR) is 67.2 cm³/mol. The first kappa shape index (κ1) is 12.3. The SMILES string of the molecule is O=C(c1cccc(CCO)c1)C1CCNCC1. The molecule has 0 spiro atoms. The van der Waals surface area contributed by atoms with E-state index in [0.29, 0.717) is 6.42 Å². The molecule has 0 bridgehead atoms. The first-order valence-electron chi connectivity index (χ1n) is 6.26. The summed E-state index contributed by atoms with van der Waals surface area (Å²) in [6.45, 7) is 2.00. The Morgan fingerprint density at radius 2 is 2.12 bits per heavy atom. The van der Waals surface area contributed by atoms with Crippen molar-refractivity contribution in [2.45, 2.75) is 19.3 Å². The average Bonchev–Trinajstić information content (AvgIpc) is 2.40. The summed E-state index contributed by atoms with van der Waals surface area (Å²) in [6, 6.07) is 7.65. The maximum atomic E-state index is 12.3. The van der Waals surface area contributed by atoms with Crippen LogP contribution in [0.3, 0.4) is 0 Å². The van der Waals surface area contributed by atoms with Crippen LogP contribution < -0.4 is 5.32 Å². The Bertz CT molecular complexity index is 384. The number of aliphatic hydroxyl groups excluding tert-OH is 1. The van der Waals surface area contributed by atoms with E-state index in [0.717, 1.165) is 37.1 Å². The van der Waals surface area contributed by atoms with Crippen molar-refractivity contribution in [2.75, 3.05) is 19.7 Å². The zero-order valence-corrected chi connectivity index (χ0v) is 9.98. The van der Waals surface area contributed by atoms with Crippen molar-refractivity contribution in [3.63, 3.8) is 0 Å². The molecule has 2 rings (SSSR count). The Morgan fingerprint density at radius 3 is 2.82 bits per heavy atom. The van der Waals surface area contributed by atoms with E-state index in [2.05, 4.69) is 5.32 Å². The van der Waals surface area contributed by atoms with Gasteiger partial charge in [0.2, 0.25) is 0 Å². The lowest BCUT2D eigenvalue weighted by Gasteiger charge is -2.21. The van der Waals surface area contributed by atoms with E-state index in [1.165, 1.54) is 0 Å². The molecule has 3 heteroatoms. The second kappa shape index (κ2) is 5.94. The van der Waals surface area contributed by atoms with Crippen molar-refractivity contribution in [1.82, 2.24) is 5.32 Å². The quantitative estimate of drug-likeness (QED) is 0.773.